The van der Waals surface area contributed by atoms with Crippen LogP contribution in [0.25, 0.3) is 0 Å². The monoisotopic (exact) mass is 480 g/mol. The number of benzene rings is 2. The fourth-order valence-corrected chi connectivity index (χ4v) is 4.32. The van der Waals surface area contributed by atoms with Crippen molar-refractivity contribution in [2.75, 3.05) is 33.9 Å². The molecule has 0 aliphatic carbocycles. The molecule has 2 amide bonds. The Morgan fingerprint density at radius 3 is 2.49 bits per heavy atom. The van der Waals surface area contributed by atoms with Gasteiger partial charge in [-0.15, -0.1) is 0 Å². The SMILES string of the molecule is COc1cccc(C=NNC(=O)C(CCCCNC(=O)c2ccccc2)N2CCCCC2)c1OC. The third kappa shape index (κ3) is 7.82. The van der Waals surface area contributed by atoms with Crippen molar-refractivity contribution in [3.63, 3.8) is 0 Å². The second-order valence-electron chi connectivity index (χ2n) is 8.55. The molecule has 3 rings (SSSR count). The molecule has 8 heteroatoms. The number of rotatable bonds is 12. The van der Waals surface area contributed by atoms with Crippen LogP contribution in [0.4, 0.5) is 0 Å². The molecule has 0 radical (unpaired) electrons. The van der Waals surface area contributed by atoms with Gasteiger partial charge in [0, 0.05) is 17.7 Å². The summed E-state index contributed by atoms with van der Waals surface area (Å²) in [5.41, 5.74) is 4.10. The fourth-order valence-electron chi connectivity index (χ4n) is 4.32. The van der Waals surface area contributed by atoms with Crippen molar-refractivity contribution < 1.29 is 19.1 Å². The summed E-state index contributed by atoms with van der Waals surface area (Å²) in [6.07, 6.45) is 7.32. The van der Waals surface area contributed by atoms with Gasteiger partial charge in [-0.25, -0.2) is 5.43 Å². The molecule has 0 saturated carbocycles. The molecule has 1 saturated heterocycles. The smallest absolute Gasteiger partial charge is 0.257 e. The Bertz CT molecular complexity index is 974. The Morgan fingerprint density at radius 2 is 1.77 bits per heavy atom. The van der Waals surface area contributed by atoms with Crippen molar-refractivity contribution in [1.29, 1.82) is 0 Å². The Hall–Kier alpha value is -3.39. The van der Waals surface area contributed by atoms with Crippen LogP contribution < -0.4 is 20.2 Å². The number of ether oxygens (including phenoxy) is 2. The lowest BCUT2D eigenvalue weighted by Gasteiger charge is -2.33. The normalized spacial score (nSPS) is 14.9. The predicted molar refractivity (Wildman–Crippen MR) is 137 cm³/mol. The zero-order valence-electron chi connectivity index (χ0n) is 20.7. The first-order valence-corrected chi connectivity index (χ1v) is 12.2. The van der Waals surface area contributed by atoms with Gasteiger partial charge in [0.15, 0.2) is 11.5 Å². The molecule has 2 N–H and O–H groups in total. The standard InChI is InChI=1S/C27H36N4O4/c1-34-24-16-11-14-22(25(24)35-2)20-29-30-27(33)23(31-18-9-4-10-19-31)15-7-8-17-28-26(32)21-12-5-3-6-13-21/h3,5-6,11-14,16,20,23H,4,7-10,15,17-19H2,1-2H3,(H,28,32)(H,30,33). The highest BCUT2D eigenvalue weighted by molar-refractivity contribution is 5.94. The number of nitrogens with one attached hydrogen (secondary N) is 2. The van der Waals surface area contributed by atoms with Gasteiger partial charge in [0.05, 0.1) is 26.5 Å². The minimum Gasteiger partial charge on any atom is -0.493 e. The van der Waals surface area contributed by atoms with Crippen molar-refractivity contribution in [2.24, 2.45) is 5.10 Å². The zero-order chi connectivity index (χ0) is 24.9. The van der Waals surface area contributed by atoms with E-state index in [1.807, 2.05) is 36.4 Å². The maximum absolute atomic E-state index is 13.1. The highest BCUT2D eigenvalue weighted by Gasteiger charge is 2.26. The zero-order valence-corrected chi connectivity index (χ0v) is 20.7. The highest BCUT2D eigenvalue weighted by Crippen LogP contribution is 2.29. The van der Waals surface area contributed by atoms with E-state index in [9.17, 15) is 9.59 Å². The third-order valence-corrected chi connectivity index (χ3v) is 6.17. The Labute approximate surface area is 207 Å². The molecular formula is C27H36N4O4. The predicted octanol–water partition coefficient (Wildman–Crippen LogP) is 3.61. The molecule has 8 nitrogen and oxygen atoms in total. The second kappa shape index (κ2) is 14.1. The van der Waals surface area contributed by atoms with Gasteiger partial charge >= 0.3 is 0 Å². The molecule has 0 bridgehead atoms. The minimum absolute atomic E-state index is 0.0711. The molecule has 1 aliphatic heterocycles. The van der Waals surface area contributed by atoms with Crippen LogP contribution in [0.3, 0.4) is 0 Å². The van der Waals surface area contributed by atoms with Crippen LogP contribution in [-0.2, 0) is 4.79 Å². The number of unbranched alkanes of at least 4 members (excludes halogenated alkanes) is 1. The summed E-state index contributed by atoms with van der Waals surface area (Å²) < 4.78 is 10.7. The van der Waals surface area contributed by atoms with E-state index in [4.69, 9.17) is 9.47 Å². The summed E-state index contributed by atoms with van der Waals surface area (Å²) in [6.45, 7) is 2.41. The Morgan fingerprint density at radius 1 is 1.00 bits per heavy atom. The molecule has 1 unspecified atom stereocenters. The molecule has 0 aromatic heterocycles. The minimum atomic E-state index is -0.246. The maximum atomic E-state index is 13.1. The van der Waals surface area contributed by atoms with Crippen LogP contribution in [0.2, 0.25) is 0 Å². The van der Waals surface area contributed by atoms with Crippen LogP contribution >= 0.6 is 0 Å². The van der Waals surface area contributed by atoms with Gasteiger partial charge in [-0.05, 0) is 69.5 Å². The Balaban J connectivity index is 1.53. The topological polar surface area (TPSA) is 92.3 Å². The lowest BCUT2D eigenvalue weighted by Crippen LogP contribution is -2.47. The number of amides is 2. The van der Waals surface area contributed by atoms with E-state index in [0.29, 0.717) is 30.0 Å². The molecular weight excluding hydrogens is 444 g/mol. The number of carbonyl (C=O) groups excluding carboxylic acids is 2. The molecule has 188 valence electrons. The van der Waals surface area contributed by atoms with E-state index >= 15 is 0 Å². The van der Waals surface area contributed by atoms with Gasteiger partial charge in [0.2, 0.25) is 0 Å². The van der Waals surface area contributed by atoms with Crippen molar-refractivity contribution in [3.05, 3.63) is 59.7 Å². The molecule has 2 aromatic rings. The average molecular weight is 481 g/mol. The van der Waals surface area contributed by atoms with E-state index in [2.05, 4.69) is 20.7 Å². The number of carbonyl (C=O) groups is 2. The molecule has 0 spiro atoms. The number of nitrogens with zero attached hydrogens (tertiary/aromatic N) is 2. The van der Waals surface area contributed by atoms with Crippen molar-refractivity contribution in [1.82, 2.24) is 15.6 Å². The summed E-state index contributed by atoms with van der Waals surface area (Å²) in [7, 11) is 3.15. The molecule has 1 atom stereocenters. The summed E-state index contributed by atoms with van der Waals surface area (Å²) >= 11 is 0. The number of likely N-dealkylation sites (tertiary alicyclic amines) is 1. The Kier molecular flexibility index (Phi) is 10.6. The van der Waals surface area contributed by atoms with Crippen LogP contribution in [0, 0.1) is 0 Å². The largest absolute Gasteiger partial charge is 0.493 e. The van der Waals surface area contributed by atoms with Gasteiger partial charge < -0.3 is 14.8 Å². The maximum Gasteiger partial charge on any atom is 0.257 e. The van der Waals surface area contributed by atoms with Gasteiger partial charge in [-0.3, -0.25) is 14.5 Å². The lowest BCUT2D eigenvalue weighted by atomic mass is 10.0. The quantitative estimate of drug-likeness (QED) is 0.275. The van der Waals surface area contributed by atoms with Crippen LogP contribution in [0.15, 0.2) is 53.6 Å². The van der Waals surface area contributed by atoms with Crippen molar-refractivity contribution in [3.8, 4) is 11.5 Å². The van der Waals surface area contributed by atoms with Crippen LogP contribution in [0.1, 0.15) is 54.4 Å². The summed E-state index contributed by atoms with van der Waals surface area (Å²) in [5.74, 6) is 0.989. The molecule has 2 aromatic carbocycles. The summed E-state index contributed by atoms with van der Waals surface area (Å²) in [5, 5.41) is 7.15. The molecule has 1 aliphatic rings. The molecule has 1 fully saturated rings. The van der Waals surface area contributed by atoms with E-state index in [1.54, 1.807) is 32.6 Å². The lowest BCUT2D eigenvalue weighted by molar-refractivity contribution is -0.127. The molecule has 35 heavy (non-hydrogen) atoms. The first-order valence-electron chi connectivity index (χ1n) is 12.2. The van der Waals surface area contributed by atoms with E-state index in [-0.39, 0.29) is 17.9 Å². The van der Waals surface area contributed by atoms with Crippen molar-refractivity contribution in [2.45, 2.75) is 44.6 Å². The molecule has 1 heterocycles. The summed E-state index contributed by atoms with van der Waals surface area (Å²) in [4.78, 5) is 27.5. The number of hydrogen-bond donors (Lipinski definition) is 2. The van der Waals surface area contributed by atoms with Crippen molar-refractivity contribution >= 4 is 18.0 Å². The summed E-state index contributed by atoms with van der Waals surface area (Å²) in [6, 6.07) is 14.4. The van der Waals surface area contributed by atoms with E-state index in [0.717, 1.165) is 44.3 Å². The van der Waals surface area contributed by atoms with Gasteiger partial charge in [0.1, 0.15) is 0 Å². The number of para-hydroxylation sites is 1. The number of hydrazone groups is 1. The third-order valence-electron chi connectivity index (χ3n) is 6.17. The average Bonchev–Trinajstić information content (AvgIpc) is 2.91. The first-order chi connectivity index (χ1) is 17.1. The first kappa shape index (κ1) is 26.2. The van der Waals surface area contributed by atoms with E-state index in [1.165, 1.54) is 6.42 Å². The number of piperidine rings is 1. The van der Waals surface area contributed by atoms with Gasteiger partial charge in [0.25, 0.3) is 11.8 Å². The number of methoxy groups -OCH3 is 2. The second-order valence-corrected chi connectivity index (χ2v) is 8.55. The highest BCUT2D eigenvalue weighted by atomic mass is 16.5. The van der Waals surface area contributed by atoms with Crippen LogP contribution in [-0.4, -0.2) is 62.8 Å². The van der Waals surface area contributed by atoms with Gasteiger partial charge in [-0.1, -0.05) is 30.7 Å². The number of hydrogen-bond acceptors (Lipinski definition) is 6. The van der Waals surface area contributed by atoms with Crippen LogP contribution in [0.5, 0.6) is 11.5 Å². The fraction of sp³-hybridized carbons (Fsp3) is 0.444. The van der Waals surface area contributed by atoms with Gasteiger partial charge in [-0.2, -0.15) is 5.10 Å². The van der Waals surface area contributed by atoms with E-state index < -0.39 is 0 Å².